The molecule has 2 heterocycles. The second-order valence-electron chi connectivity index (χ2n) is 5.74. The Morgan fingerprint density at radius 2 is 1.74 bits per heavy atom. The van der Waals surface area contributed by atoms with Crippen molar-refractivity contribution in [2.24, 2.45) is 11.8 Å². The number of carbonyl (C=O) groups is 2. The average molecular weight is 270 g/mol. The minimum atomic E-state index is -0.951. The molecule has 4 unspecified atom stereocenters. The zero-order valence-electron chi connectivity index (χ0n) is 11.7. The molecule has 0 aromatic heterocycles. The minimum Gasteiger partial charge on any atom is -0.480 e. The molecule has 2 amide bonds. The molecule has 0 saturated carbocycles. The van der Waals surface area contributed by atoms with Gasteiger partial charge in [-0.25, -0.2) is 9.59 Å². The molecule has 4 atom stereocenters. The summed E-state index contributed by atoms with van der Waals surface area (Å²) in [7, 11) is 1.55. The molecule has 2 saturated heterocycles. The van der Waals surface area contributed by atoms with Gasteiger partial charge in [-0.05, 0) is 11.8 Å². The summed E-state index contributed by atoms with van der Waals surface area (Å²) in [6, 6.07) is -0.924. The van der Waals surface area contributed by atoms with Crippen molar-refractivity contribution in [2.45, 2.75) is 32.4 Å². The van der Waals surface area contributed by atoms with Gasteiger partial charge in [0.15, 0.2) is 0 Å². The molecular weight excluding hydrogens is 248 g/mol. The van der Waals surface area contributed by atoms with Gasteiger partial charge in [0, 0.05) is 33.2 Å². The number of hydrogen-bond acceptors (Lipinski definition) is 3. The molecule has 2 aliphatic heterocycles. The quantitative estimate of drug-likeness (QED) is 0.808. The number of carboxylic acids is 1. The van der Waals surface area contributed by atoms with Crippen LogP contribution in [0.2, 0.25) is 0 Å². The Hall–Kier alpha value is -1.30. The number of rotatable bonds is 2. The van der Waals surface area contributed by atoms with Crippen molar-refractivity contribution in [2.75, 3.05) is 26.7 Å². The average Bonchev–Trinajstić information content (AvgIpc) is 2.93. The second kappa shape index (κ2) is 5.36. The van der Waals surface area contributed by atoms with Gasteiger partial charge in [0.1, 0.15) is 6.04 Å². The number of nitrogens with zero attached hydrogens (tertiary/aromatic N) is 2. The van der Waals surface area contributed by atoms with Gasteiger partial charge in [0.2, 0.25) is 0 Å². The number of carboxylic acid groups (broad SMARTS) is 1. The molecule has 19 heavy (non-hydrogen) atoms. The molecule has 1 N–H and O–H groups in total. The summed E-state index contributed by atoms with van der Waals surface area (Å²) in [5.41, 5.74) is 0. The maximum atomic E-state index is 12.4. The number of likely N-dealkylation sites (tertiary alicyclic amines) is 2. The number of hydrogen-bond donors (Lipinski definition) is 1. The van der Waals surface area contributed by atoms with Crippen molar-refractivity contribution in [3.05, 3.63) is 0 Å². The molecule has 108 valence electrons. The van der Waals surface area contributed by atoms with E-state index in [0.29, 0.717) is 37.9 Å². The Kier molecular flexibility index (Phi) is 3.99. The summed E-state index contributed by atoms with van der Waals surface area (Å²) in [6.45, 7) is 6.02. The van der Waals surface area contributed by atoms with Gasteiger partial charge in [0.25, 0.3) is 0 Å². The zero-order chi connectivity index (χ0) is 14.2. The highest BCUT2D eigenvalue weighted by Gasteiger charge is 2.43. The van der Waals surface area contributed by atoms with E-state index in [-0.39, 0.29) is 12.1 Å². The third kappa shape index (κ3) is 2.68. The maximum Gasteiger partial charge on any atom is 0.326 e. The van der Waals surface area contributed by atoms with Crippen LogP contribution >= 0.6 is 0 Å². The highest BCUT2D eigenvalue weighted by molar-refractivity contribution is 5.83. The molecule has 0 spiro atoms. The molecule has 2 rings (SSSR count). The largest absolute Gasteiger partial charge is 0.480 e. The van der Waals surface area contributed by atoms with Crippen LogP contribution in [0.15, 0.2) is 0 Å². The van der Waals surface area contributed by atoms with Crippen LogP contribution in [-0.4, -0.2) is 65.8 Å². The zero-order valence-corrected chi connectivity index (χ0v) is 11.7. The van der Waals surface area contributed by atoms with E-state index in [2.05, 4.69) is 13.8 Å². The first-order chi connectivity index (χ1) is 8.93. The fourth-order valence-electron chi connectivity index (χ4n) is 2.88. The molecule has 0 bridgehead atoms. The highest BCUT2D eigenvalue weighted by Crippen LogP contribution is 2.27. The van der Waals surface area contributed by atoms with E-state index in [1.807, 2.05) is 0 Å². The van der Waals surface area contributed by atoms with Gasteiger partial charge in [-0.1, -0.05) is 13.8 Å². The number of carbonyl (C=O) groups excluding carboxylic acids is 1. The standard InChI is InChI=1S/C13H22N2O4/c1-8-5-14(6-9(8)2)13(18)15-7-10(19-3)4-11(15)12(16)17/h8-11H,4-7H2,1-3H3,(H,16,17). The molecule has 0 aromatic rings. The fourth-order valence-corrected chi connectivity index (χ4v) is 2.88. The first-order valence-corrected chi connectivity index (χ1v) is 6.75. The second-order valence-corrected chi connectivity index (χ2v) is 5.74. The van der Waals surface area contributed by atoms with Crippen LogP contribution in [-0.2, 0) is 9.53 Å². The molecule has 2 aliphatic rings. The van der Waals surface area contributed by atoms with E-state index in [1.54, 1.807) is 12.0 Å². The van der Waals surface area contributed by atoms with Gasteiger partial charge >= 0.3 is 12.0 Å². The Balaban J connectivity index is 2.07. The van der Waals surface area contributed by atoms with Gasteiger partial charge in [-0.15, -0.1) is 0 Å². The molecule has 0 aliphatic carbocycles. The van der Waals surface area contributed by atoms with E-state index in [4.69, 9.17) is 4.74 Å². The molecule has 0 radical (unpaired) electrons. The number of ether oxygens (including phenoxy) is 1. The smallest absolute Gasteiger partial charge is 0.326 e. The van der Waals surface area contributed by atoms with Crippen LogP contribution in [0.25, 0.3) is 0 Å². The summed E-state index contributed by atoms with van der Waals surface area (Å²) in [4.78, 5) is 26.9. The maximum absolute atomic E-state index is 12.4. The monoisotopic (exact) mass is 270 g/mol. The van der Waals surface area contributed by atoms with Crippen LogP contribution in [0.4, 0.5) is 4.79 Å². The summed E-state index contributed by atoms with van der Waals surface area (Å²) in [5, 5.41) is 9.22. The first-order valence-electron chi connectivity index (χ1n) is 6.75. The van der Waals surface area contributed by atoms with Crippen molar-refractivity contribution < 1.29 is 19.4 Å². The lowest BCUT2D eigenvalue weighted by atomic mass is 10.0. The Bertz CT molecular complexity index is 364. The summed E-state index contributed by atoms with van der Waals surface area (Å²) in [5.74, 6) is -0.0192. The van der Waals surface area contributed by atoms with Crippen molar-refractivity contribution in [1.82, 2.24) is 9.80 Å². The molecule has 2 fully saturated rings. The number of aliphatic carboxylic acids is 1. The van der Waals surface area contributed by atoms with E-state index in [9.17, 15) is 14.7 Å². The minimum absolute atomic E-state index is 0.164. The molecule has 6 heteroatoms. The van der Waals surface area contributed by atoms with Crippen LogP contribution in [0, 0.1) is 11.8 Å². The van der Waals surface area contributed by atoms with Crippen molar-refractivity contribution in [1.29, 1.82) is 0 Å². The predicted molar refractivity (Wildman–Crippen MR) is 68.8 cm³/mol. The van der Waals surface area contributed by atoms with Gasteiger partial charge in [-0.2, -0.15) is 0 Å². The lowest BCUT2D eigenvalue weighted by Gasteiger charge is -2.27. The van der Waals surface area contributed by atoms with Crippen LogP contribution in [0.1, 0.15) is 20.3 Å². The van der Waals surface area contributed by atoms with Crippen LogP contribution < -0.4 is 0 Å². The van der Waals surface area contributed by atoms with Crippen LogP contribution in [0.5, 0.6) is 0 Å². The molecular formula is C13H22N2O4. The number of methoxy groups -OCH3 is 1. The number of urea groups is 1. The fraction of sp³-hybridized carbons (Fsp3) is 0.846. The first kappa shape index (κ1) is 14.1. The number of amides is 2. The normalized spacial score (nSPS) is 34.9. The Labute approximate surface area is 113 Å². The Morgan fingerprint density at radius 1 is 1.16 bits per heavy atom. The lowest BCUT2D eigenvalue weighted by molar-refractivity contribution is -0.141. The van der Waals surface area contributed by atoms with Gasteiger partial charge < -0.3 is 19.6 Å². The summed E-state index contributed by atoms with van der Waals surface area (Å²) in [6.07, 6.45) is 0.193. The SMILES string of the molecule is COC1CC(C(=O)O)N(C(=O)N2CC(C)C(C)C2)C1. The third-order valence-electron chi connectivity index (χ3n) is 4.39. The van der Waals surface area contributed by atoms with Gasteiger partial charge in [0.05, 0.1) is 6.10 Å². The van der Waals surface area contributed by atoms with Gasteiger partial charge in [-0.3, -0.25) is 0 Å². The van der Waals surface area contributed by atoms with E-state index in [0.717, 1.165) is 0 Å². The topological polar surface area (TPSA) is 70.1 Å². The van der Waals surface area contributed by atoms with Crippen LogP contribution in [0.3, 0.4) is 0 Å². The Morgan fingerprint density at radius 3 is 2.21 bits per heavy atom. The predicted octanol–water partition coefficient (Wildman–Crippen LogP) is 0.868. The van der Waals surface area contributed by atoms with Crippen molar-refractivity contribution in [3.8, 4) is 0 Å². The molecule has 6 nitrogen and oxygen atoms in total. The summed E-state index contributed by atoms with van der Waals surface area (Å²) < 4.78 is 5.20. The van der Waals surface area contributed by atoms with Crippen molar-refractivity contribution in [3.63, 3.8) is 0 Å². The van der Waals surface area contributed by atoms with Crippen molar-refractivity contribution >= 4 is 12.0 Å². The highest BCUT2D eigenvalue weighted by atomic mass is 16.5. The van der Waals surface area contributed by atoms with E-state index in [1.165, 1.54) is 4.90 Å². The van der Waals surface area contributed by atoms with E-state index < -0.39 is 12.0 Å². The van der Waals surface area contributed by atoms with E-state index >= 15 is 0 Å². The molecule has 0 aromatic carbocycles. The third-order valence-corrected chi connectivity index (χ3v) is 4.39. The lowest BCUT2D eigenvalue weighted by Crippen LogP contribution is -2.47. The summed E-state index contributed by atoms with van der Waals surface area (Å²) >= 11 is 0.